The SMILES string of the molecule is O=S(=O)(NCC1CCCO1)c1ccc(CNC2=NCCN2)cc1. The van der Waals surface area contributed by atoms with Gasteiger partial charge in [-0.1, -0.05) is 12.1 Å². The fraction of sp³-hybridized carbons (Fsp3) is 0.533. The van der Waals surface area contributed by atoms with E-state index < -0.39 is 10.0 Å². The number of ether oxygens (including phenoxy) is 1. The predicted octanol–water partition coefficient (Wildman–Crippen LogP) is 0.193. The van der Waals surface area contributed by atoms with Crippen LogP contribution in [0, 0.1) is 0 Å². The molecule has 0 saturated carbocycles. The third-order valence-corrected chi connectivity index (χ3v) is 5.33. The summed E-state index contributed by atoms with van der Waals surface area (Å²) in [6, 6.07) is 6.86. The van der Waals surface area contributed by atoms with E-state index in [1.807, 2.05) is 12.1 Å². The van der Waals surface area contributed by atoms with Gasteiger partial charge in [0.1, 0.15) is 0 Å². The Bertz CT molecular complexity index is 652. The van der Waals surface area contributed by atoms with Gasteiger partial charge >= 0.3 is 0 Å². The Morgan fingerprint density at radius 2 is 2.13 bits per heavy atom. The van der Waals surface area contributed by atoms with E-state index in [2.05, 4.69) is 20.3 Å². The Morgan fingerprint density at radius 1 is 1.30 bits per heavy atom. The van der Waals surface area contributed by atoms with Gasteiger partial charge in [-0.3, -0.25) is 4.99 Å². The first-order valence-electron chi connectivity index (χ1n) is 7.86. The highest BCUT2D eigenvalue weighted by atomic mass is 32.2. The van der Waals surface area contributed by atoms with Crippen LogP contribution in [-0.4, -0.2) is 46.7 Å². The molecule has 0 bridgehead atoms. The maximum Gasteiger partial charge on any atom is 0.240 e. The normalized spacial score (nSPS) is 21.0. The van der Waals surface area contributed by atoms with Crippen molar-refractivity contribution in [3.8, 4) is 0 Å². The molecule has 3 N–H and O–H groups in total. The molecule has 0 amide bonds. The highest BCUT2D eigenvalue weighted by Crippen LogP contribution is 2.14. The van der Waals surface area contributed by atoms with Crippen LogP contribution in [0.25, 0.3) is 0 Å². The lowest BCUT2D eigenvalue weighted by atomic mass is 10.2. The summed E-state index contributed by atoms with van der Waals surface area (Å²) in [5, 5.41) is 6.30. The lowest BCUT2D eigenvalue weighted by Gasteiger charge is -2.12. The van der Waals surface area contributed by atoms with Crippen molar-refractivity contribution in [3.63, 3.8) is 0 Å². The molecule has 0 spiro atoms. The second-order valence-electron chi connectivity index (χ2n) is 5.64. The lowest BCUT2D eigenvalue weighted by molar-refractivity contribution is 0.114. The summed E-state index contributed by atoms with van der Waals surface area (Å²) in [6.45, 7) is 3.30. The first kappa shape index (κ1) is 16.2. The molecular formula is C15H22N4O3S. The van der Waals surface area contributed by atoms with Gasteiger partial charge in [0.05, 0.1) is 17.5 Å². The van der Waals surface area contributed by atoms with Crippen molar-refractivity contribution in [3.05, 3.63) is 29.8 Å². The molecule has 1 unspecified atom stereocenters. The highest BCUT2D eigenvalue weighted by Gasteiger charge is 2.20. The van der Waals surface area contributed by atoms with Gasteiger partial charge in [0.2, 0.25) is 10.0 Å². The standard InChI is InChI=1S/C15H22N4O3S/c20-23(21,19-11-13-2-1-9-22-13)14-5-3-12(4-6-14)10-18-15-16-7-8-17-15/h3-6,13,19H,1-2,7-11H2,(H2,16,17,18). The fourth-order valence-corrected chi connectivity index (χ4v) is 3.65. The van der Waals surface area contributed by atoms with E-state index in [0.717, 1.165) is 37.5 Å². The van der Waals surface area contributed by atoms with Crippen molar-refractivity contribution in [1.82, 2.24) is 15.4 Å². The highest BCUT2D eigenvalue weighted by molar-refractivity contribution is 7.89. The van der Waals surface area contributed by atoms with Gasteiger partial charge in [-0.2, -0.15) is 0 Å². The van der Waals surface area contributed by atoms with Crippen LogP contribution in [0.3, 0.4) is 0 Å². The summed E-state index contributed by atoms with van der Waals surface area (Å²) in [7, 11) is -3.48. The number of sulfonamides is 1. The van der Waals surface area contributed by atoms with Crippen molar-refractivity contribution in [2.75, 3.05) is 26.2 Å². The van der Waals surface area contributed by atoms with E-state index in [0.29, 0.717) is 19.7 Å². The molecule has 1 atom stereocenters. The maximum absolute atomic E-state index is 12.3. The number of guanidine groups is 1. The fourth-order valence-electron chi connectivity index (χ4n) is 2.58. The van der Waals surface area contributed by atoms with Crippen LogP contribution in [0.5, 0.6) is 0 Å². The minimum Gasteiger partial charge on any atom is -0.377 e. The Balaban J connectivity index is 1.54. The molecule has 1 aromatic carbocycles. The molecule has 7 nitrogen and oxygen atoms in total. The summed E-state index contributed by atoms with van der Waals surface area (Å²) in [6.07, 6.45) is 1.90. The molecule has 8 heteroatoms. The van der Waals surface area contributed by atoms with Gasteiger partial charge in [-0.15, -0.1) is 0 Å². The maximum atomic E-state index is 12.3. The van der Waals surface area contributed by atoms with Gasteiger partial charge in [0, 0.05) is 26.2 Å². The van der Waals surface area contributed by atoms with E-state index in [1.165, 1.54) is 0 Å². The zero-order valence-corrected chi connectivity index (χ0v) is 13.7. The minimum atomic E-state index is -3.48. The first-order chi connectivity index (χ1) is 11.1. The molecule has 3 rings (SSSR count). The average molecular weight is 338 g/mol. The second kappa shape index (κ2) is 7.29. The van der Waals surface area contributed by atoms with Crippen LogP contribution >= 0.6 is 0 Å². The van der Waals surface area contributed by atoms with E-state index in [1.54, 1.807) is 12.1 Å². The summed E-state index contributed by atoms with van der Waals surface area (Å²) in [5.74, 6) is 0.792. The van der Waals surface area contributed by atoms with Crippen molar-refractivity contribution >= 4 is 16.0 Å². The number of hydrogen-bond donors (Lipinski definition) is 3. The number of hydrogen-bond acceptors (Lipinski definition) is 6. The van der Waals surface area contributed by atoms with Crippen molar-refractivity contribution in [2.45, 2.75) is 30.4 Å². The molecule has 0 aliphatic carbocycles. The number of nitrogens with zero attached hydrogens (tertiary/aromatic N) is 1. The van der Waals surface area contributed by atoms with Crippen LogP contribution < -0.4 is 15.4 Å². The van der Waals surface area contributed by atoms with Crippen LogP contribution in [0.1, 0.15) is 18.4 Å². The quantitative estimate of drug-likeness (QED) is 0.689. The van der Waals surface area contributed by atoms with Crippen molar-refractivity contribution < 1.29 is 13.2 Å². The lowest BCUT2D eigenvalue weighted by Crippen LogP contribution is -2.33. The Labute approximate surface area is 136 Å². The average Bonchev–Trinajstić information content (AvgIpc) is 3.25. The van der Waals surface area contributed by atoms with Gasteiger partial charge in [-0.05, 0) is 30.5 Å². The molecule has 23 heavy (non-hydrogen) atoms. The molecule has 2 aliphatic rings. The van der Waals surface area contributed by atoms with Gasteiger partial charge in [0.15, 0.2) is 5.96 Å². The van der Waals surface area contributed by atoms with Gasteiger partial charge in [-0.25, -0.2) is 13.1 Å². The smallest absolute Gasteiger partial charge is 0.240 e. The summed E-state index contributed by atoms with van der Waals surface area (Å²) >= 11 is 0. The third-order valence-electron chi connectivity index (χ3n) is 3.89. The van der Waals surface area contributed by atoms with Crippen molar-refractivity contribution in [2.24, 2.45) is 4.99 Å². The Kier molecular flexibility index (Phi) is 5.14. The van der Waals surface area contributed by atoms with E-state index >= 15 is 0 Å². The predicted molar refractivity (Wildman–Crippen MR) is 87.7 cm³/mol. The molecular weight excluding hydrogens is 316 g/mol. The molecule has 1 saturated heterocycles. The zero-order valence-electron chi connectivity index (χ0n) is 12.9. The van der Waals surface area contributed by atoms with Crippen LogP contribution in [0.4, 0.5) is 0 Å². The molecule has 2 heterocycles. The molecule has 0 aromatic heterocycles. The molecule has 1 aromatic rings. The Hall–Kier alpha value is -1.64. The van der Waals surface area contributed by atoms with Crippen LogP contribution in [-0.2, 0) is 21.3 Å². The monoisotopic (exact) mass is 338 g/mol. The molecule has 1 fully saturated rings. The summed E-state index contributed by atoms with van der Waals surface area (Å²) in [4.78, 5) is 4.52. The largest absolute Gasteiger partial charge is 0.377 e. The van der Waals surface area contributed by atoms with Crippen molar-refractivity contribution in [1.29, 1.82) is 0 Å². The van der Waals surface area contributed by atoms with E-state index in [4.69, 9.17) is 4.74 Å². The van der Waals surface area contributed by atoms with Gasteiger partial charge < -0.3 is 15.4 Å². The van der Waals surface area contributed by atoms with Crippen LogP contribution in [0.2, 0.25) is 0 Å². The number of rotatable bonds is 6. The van der Waals surface area contributed by atoms with Crippen LogP contribution in [0.15, 0.2) is 34.2 Å². The first-order valence-corrected chi connectivity index (χ1v) is 9.34. The van der Waals surface area contributed by atoms with E-state index in [9.17, 15) is 8.42 Å². The third kappa shape index (κ3) is 4.43. The molecule has 2 aliphatic heterocycles. The molecule has 126 valence electrons. The minimum absolute atomic E-state index is 0.00654. The van der Waals surface area contributed by atoms with Gasteiger partial charge in [0.25, 0.3) is 0 Å². The zero-order chi connectivity index (χ0) is 16.1. The number of benzene rings is 1. The number of nitrogens with one attached hydrogen (secondary N) is 3. The topological polar surface area (TPSA) is 91.8 Å². The van der Waals surface area contributed by atoms with E-state index in [-0.39, 0.29) is 11.0 Å². The molecule has 0 radical (unpaired) electrons. The number of aliphatic imine (C=N–C) groups is 1. The summed E-state index contributed by atoms with van der Waals surface area (Å²) in [5.41, 5.74) is 1.000. The Morgan fingerprint density at radius 3 is 2.78 bits per heavy atom. The second-order valence-corrected chi connectivity index (χ2v) is 7.41. The summed E-state index contributed by atoms with van der Waals surface area (Å²) < 4.78 is 32.6.